The van der Waals surface area contributed by atoms with E-state index in [0.717, 1.165) is 35.3 Å². The Morgan fingerprint density at radius 3 is 2.68 bits per heavy atom. The Hall–Kier alpha value is -2.13. The Balaban J connectivity index is 1.65. The molecule has 2 aromatic carbocycles. The van der Waals surface area contributed by atoms with E-state index < -0.39 is 0 Å². The molecule has 1 aliphatic rings. The molecule has 0 saturated heterocycles. The van der Waals surface area contributed by atoms with Gasteiger partial charge in [-0.2, -0.15) is 0 Å². The van der Waals surface area contributed by atoms with Crippen LogP contribution < -0.4 is 0 Å². The third kappa shape index (κ3) is 2.42. The summed E-state index contributed by atoms with van der Waals surface area (Å²) in [5, 5.41) is 0.687. The molecule has 1 N–H and O–H groups in total. The molecule has 1 aromatic heterocycles. The third-order valence-corrected chi connectivity index (χ3v) is 4.58. The molecule has 1 unspecified atom stereocenters. The second kappa shape index (κ2) is 5.25. The number of Topliss-reactive ketones (excluding diaryl/α,β-unsaturated/α-hetero) is 1. The van der Waals surface area contributed by atoms with Crippen LogP contribution in [-0.4, -0.2) is 15.8 Å². The van der Waals surface area contributed by atoms with Gasteiger partial charge in [0.25, 0.3) is 0 Å². The van der Waals surface area contributed by atoms with Gasteiger partial charge in [-0.1, -0.05) is 35.9 Å². The molecule has 1 heterocycles. The average molecular weight is 311 g/mol. The molecule has 0 radical (unpaired) electrons. The Kier molecular flexibility index (Phi) is 3.23. The molecular formula is C18H15ClN2O. The number of imidazole rings is 1. The van der Waals surface area contributed by atoms with Crippen molar-refractivity contribution in [2.75, 3.05) is 0 Å². The largest absolute Gasteiger partial charge is 0.338 e. The van der Waals surface area contributed by atoms with Crippen LogP contribution in [0.3, 0.4) is 0 Å². The summed E-state index contributed by atoms with van der Waals surface area (Å²) in [7, 11) is 0. The van der Waals surface area contributed by atoms with E-state index in [4.69, 9.17) is 11.6 Å². The van der Waals surface area contributed by atoms with Crippen LogP contribution in [0.2, 0.25) is 5.02 Å². The van der Waals surface area contributed by atoms with Crippen molar-refractivity contribution < 1.29 is 4.79 Å². The van der Waals surface area contributed by atoms with Gasteiger partial charge in [0, 0.05) is 23.4 Å². The Labute approximate surface area is 133 Å². The number of ketones is 1. The number of aromatic nitrogens is 2. The van der Waals surface area contributed by atoms with Gasteiger partial charge in [0.15, 0.2) is 0 Å². The van der Waals surface area contributed by atoms with Crippen LogP contribution in [0.15, 0.2) is 42.5 Å². The second-order valence-electron chi connectivity index (χ2n) is 5.85. The lowest BCUT2D eigenvalue weighted by Crippen LogP contribution is -1.94. The normalized spacial score (nSPS) is 18.2. The first-order chi connectivity index (χ1) is 10.7. The van der Waals surface area contributed by atoms with E-state index in [9.17, 15) is 4.79 Å². The molecule has 1 fully saturated rings. The number of hydrogen-bond donors (Lipinski definition) is 1. The van der Waals surface area contributed by atoms with Crippen LogP contribution in [-0.2, 0) is 4.79 Å². The first kappa shape index (κ1) is 13.5. The summed E-state index contributed by atoms with van der Waals surface area (Å²) in [6.45, 7) is 0. The predicted molar refractivity (Wildman–Crippen MR) is 88.1 cm³/mol. The summed E-state index contributed by atoms with van der Waals surface area (Å²) in [5.41, 5.74) is 4.13. The topological polar surface area (TPSA) is 45.8 Å². The lowest BCUT2D eigenvalue weighted by atomic mass is 9.96. The number of nitrogens with zero attached hydrogens (tertiary/aromatic N) is 1. The number of fused-ring (bicyclic) bond motifs is 1. The highest BCUT2D eigenvalue weighted by Gasteiger charge is 2.23. The number of H-pyrrole nitrogens is 1. The summed E-state index contributed by atoms with van der Waals surface area (Å²) < 4.78 is 0. The van der Waals surface area contributed by atoms with Crippen LogP contribution in [0.5, 0.6) is 0 Å². The number of aromatic amines is 1. The molecule has 4 rings (SSSR count). The maximum atomic E-state index is 11.4. The van der Waals surface area contributed by atoms with Crippen molar-refractivity contribution in [3.8, 4) is 11.4 Å². The summed E-state index contributed by atoms with van der Waals surface area (Å²) in [6, 6.07) is 14.0. The number of hydrogen-bond acceptors (Lipinski definition) is 2. The van der Waals surface area contributed by atoms with Crippen LogP contribution in [0.4, 0.5) is 0 Å². The highest BCUT2D eigenvalue weighted by molar-refractivity contribution is 6.31. The molecule has 0 aliphatic heterocycles. The quantitative estimate of drug-likeness (QED) is 0.744. The number of benzene rings is 2. The van der Waals surface area contributed by atoms with Crippen molar-refractivity contribution in [3.63, 3.8) is 0 Å². The third-order valence-electron chi connectivity index (χ3n) is 4.35. The van der Waals surface area contributed by atoms with Crippen molar-refractivity contribution >= 4 is 28.4 Å². The SMILES string of the molecule is O=C1CCC(c2ccc(-c3nc4cc(Cl)ccc4[nH]3)cc2)C1. The van der Waals surface area contributed by atoms with Crippen molar-refractivity contribution in [3.05, 3.63) is 53.1 Å². The van der Waals surface area contributed by atoms with E-state index in [1.54, 1.807) is 0 Å². The molecule has 0 bridgehead atoms. The van der Waals surface area contributed by atoms with Crippen LogP contribution in [0, 0.1) is 0 Å². The average Bonchev–Trinajstić information content (AvgIpc) is 3.13. The van der Waals surface area contributed by atoms with E-state index in [2.05, 4.69) is 34.2 Å². The fourth-order valence-electron chi connectivity index (χ4n) is 3.13. The van der Waals surface area contributed by atoms with E-state index in [1.165, 1.54) is 5.56 Å². The number of halogens is 1. The lowest BCUT2D eigenvalue weighted by Gasteiger charge is -2.08. The Morgan fingerprint density at radius 1 is 1.14 bits per heavy atom. The number of carbonyl (C=O) groups is 1. The zero-order valence-electron chi connectivity index (χ0n) is 12.0. The molecule has 3 aromatic rings. The van der Waals surface area contributed by atoms with Gasteiger partial charge in [0.1, 0.15) is 11.6 Å². The minimum absolute atomic E-state index is 0.378. The second-order valence-corrected chi connectivity index (χ2v) is 6.28. The summed E-state index contributed by atoms with van der Waals surface area (Å²) in [4.78, 5) is 19.3. The van der Waals surface area contributed by atoms with Gasteiger partial charge in [0.05, 0.1) is 11.0 Å². The van der Waals surface area contributed by atoms with Gasteiger partial charge in [-0.15, -0.1) is 0 Å². The van der Waals surface area contributed by atoms with Gasteiger partial charge >= 0.3 is 0 Å². The minimum atomic E-state index is 0.378. The Morgan fingerprint density at radius 2 is 1.95 bits per heavy atom. The van der Waals surface area contributed by atoms with Crippen molar-refractivity contribution in [1.29, 1.82) is 0 Å². The molecule has 1 saturated carbocycles. The maximum Gasteiger partial charge on any atom is 0.138 e. The number of carbonyl (C=O) groups excluding carboxylic acids is 1. The Bertz CT molecular complexity index is 851. The fraction of sp³-hybridized carbons (Fsp3) is 0.222. The minimum Gasteiger partial charge on any atom is -0.338 e. The van der Waals surface area contributed by atoms with Gasteiger partial charge in [-0.3, -0.25) is 4.79 Å². The van der Waals surface area contributed by atoms with E-state index in [0.29, 0.717) is 23.1 Å². The molecule has 0 amide bonds. The van der Waals surface area contributed by atoms with E-state index in [-0.39, 0.29) is 0 Å². The summed E-state index contributed by atoms with van der Waals surface area (Å²) in [5.74, 6) is 1.60. The molecular weight excluding hydrogens is 296 g/mol. The van der Waals surface area contributed by atoms with Crippen molar-refractivity contribution in [2.24, 2.45) is 0 Å². The first-order valence-electron chi connectivity index (χ1n) is 7.46. The smallest absolute Gasteiger partial charge is 0.138 e. The zero-order valence-corrected chi connectivity index (χ0v) is 12.7. The molecule has 3 nitrogen and oxygen atoms in total. The molecule has 22 heavy (non-hydrogen) atoms. The van der Waals surface area contributed by atoms with Crippen LogP contribution >= 0.6 is 11.6 Å². The molecule has 4 heteroatoms. The molecule has 1 atom stereocenters. The lowest BCUT2D eigenvalue weighted by molar-refractivity contribution is -0.117. The van der Waals surface area contributed by atoms with E-state index in [1.807, 2.05) is 18.2 Å². The first-order valence-corrected chi connectivity index (χ1v) is 7.84. The number of rotatable bonds is 2. The molecule has 1 aliphatic carbocycles. The monoisotopic (exact) mass is 310 g/mol. The molecule has 0 spiro atoms. The summed E-state index contributed by atoms with van der Waals surface area (Å²) in [6.07, 6.45) is 2.38. The van der Waals surface area contributed by atoms with Crippen LogP contribution in [0.25, 0.3) is 22.4 Å². The maximum absolute atomic E-state index is 11.4. The fourth-order valence-corrected chi connectivity index (χ4v) is 3.29. The molecule has 110 valence electrons. The highest BCUT2D eigenvalue weighted by atomic mass is 35.5. The zero-order chi connectivity index (χ0) is 15.1. The van der Waals surface area contributed by atoms with Gasteiger partial charge < -0.3 is 4.98 Å². The van der Waals surface area contributed by atoms with Crippen molar-refractivity contribution in [1.82, 2.24) is 9.97 Å². The standard InChI is InChI=1S/C18H15ClN2O/c19-14-6-8-16-17(10-14)21-18(20-16)12-3-1-11(2-4-12)13-5-7-15(22)9-13/h1-4,6,8,10,13H,5,7,9H2,(H,20,21). The number of nitrogens with one attached hydrogen (secondary N) is 1. The van der Waals surface area contributed by atoms with Gasteiger partial charge in [0.2, 0.25) is 0 Å². The predicted octanol–water partition coefficient (Wildman–Crippen LogP) is 4.72. The van der Waals surface area contributed by atoms with Crippen LogP contribution in [0.1, 0.15) is 30.7 Å². The summed E-state index contributed by atoms with van der Waals surface area (Å²) >= 11 is 6.00. The van der Waals surface area contributed by atoms with Crippen molar-refractivity contribution in [2.45, 2.75) is 25.2 Å². The van der Waals surface area contributed by atoms with Gasteiger partial charge in [-0.05, 0) is 36.1 Å². The van der Waals surface area contributed by atoms with E-state index >= 15 is 0 Å². The highest BCUT2D eigenvalue weighted by Crippen LogP contribution is 2.33. The van der Waals surface area contributed by atoms with Gasteiger partial charge in [-0.25, -0.2) is 4.98 Å².